The van der Waals surface area contributed by atoms with Crippen LogP contribution in [0.15, 0.2) is 77.5 Å². The molecule has 2 nitrogen and oxygen atoms in total. The van der Waals surface area contributed by atoms with Crippen LogP contribution in [0, 0.1) is 0 Å². The fraction of sp³-hybridized carbons (Fsp3) is 0.0556. The summed E-state index contributed by atoms with van der Waals surface area (Å²) in [5, 5.41) is 3.37. The van der Waals surface area contributed by atoms with Gasteiger partial charge in [0, 0.05) is 17.2 Å². The van der Waals surface area contributed by atoms with Gasteiger partial charge in [-0.2, -0.15) is 0 Å². The van der Waals surface area contributed by atoms with Crippen molar-refractivity contribution in [2.75, 3.05) is 5.32 Å². The smallest absolute Gasteiger partial charge is 0.0540 e. The van der Waals surface area contributed by atoms with Crippen LogP contribution in [-0.2, 0) is 6.54 Å². The summed E-state index contributed by atoms with van der Waals surface area (Å²) in [5.41, 5.74) is 4.74. The quantitative estimate of drug-likeness (QED) is 0.713. The van der Waals surface area contributed by atoms with Crippen molar-refractivity contribution in [1.29, 1.82) is 0 Å². The Bertz CT molecular complexity index is 709. The van der Waals surface area contributed by atoms with E-state index in [1.54, 1.807) is 6.20 Å². The minimum Gasteiger partial charge on any atom is -0.380 e. The van der Waals surface area contributed by atoms with E-state index in [4.69, 9.17) is 0 Å². The molecule has 0 bridgehead atoms. The zero-order valence-electron chi connectivity index (χ0n) is 11.5. The van der Waals surface area contributed by atoms with E-state index in [9.17, 15) is 0 Å². The van der Waals surface area contributed by atoms with E-state index in [-0.39, 0.29) is 0 Å². The first-order valence-corrected chi connectivity index (χ1v) is 7.59. The van der Waals surface area contributed by atoms with Crippen LogP contribution in [0.25, 0.3) is 11.1 Å². The Morgan fingerprint density at radius 1 is 0.857 bits per heavy atom. The monoisotopic (exact) mass is 338 g/mol. The summed E-state index contributed by atoms with van der Waals surface area (Å²) >= 11 is 3.42. The lowest BCUT2D eigenvalue weighted by Gasteiger charge is -2.08. The van der Waals surface area contributed by atoms with E-state index in [1.165, 1.54) is 16.7 Å². The van der Waals surface area contributed by atoms with E-state index in [2.05, 4.69) is 74.8 Å². The zero-order valence-corrected chi connectivity index (χ0v) is 13.0. The molecular weight excluding hydrogens is 324 g/mol. The molecule has 0 saturated carbocycles. The molecule has 104 valence electrons. The van der Waals surface area contributed by atoms with Crippen LogP contribution in [0.3, 0.4) is 0 Å². The molecule has 21 heavy (non-hydrogen) atoms. The molecule has 0 aliphatic carbocycles. The number of rotatable bonds is 4. The fourth-order valence-corrected chi connectivity index (χ4v) is 2.52. The molecule has 1 heterocycles. The number of hydrogen-bond acceptors (Lipinski definition) is 2. The summed E-state index contributed by atoms with van der Waals surface area (Å²) in [5.74, 6) is 0. The second-order valence-corrected chi connectivity index (χ2v) is 5.72. The van der Waals surface area contributed by atoms with Crippen molar-refractivity contribution in [2.45, 2.75) is 6.54 Å². The standard InChI is InChI=1S/C18H15BrN2/c19-17-10-18(13-20-12-17)21-11-14-6-8-16(9-7-14)15-4-2-1-3-5-15/h1-10,12-13,21H,11H2. The summed E-state index contributed by atoms with van der Waals surface area (Å²) in [4.78, 5) is 4.14. The van der Waals surface area contributed by atoms with Crippen molar-refractivity contribution in [1.82, 2.24) is 4.98 Å². The molecule has 0 fully saturated rings. The third-order valence-electron chi connectivity index (χ3n) is 3.26. The maximum atomic E-state index is 4.14. The van der Waals surface area contributed by atoms with Gasteiger partial charge in [-0.15, -0.1) is 0 Å². The Morgan fingerprint density at radius 2 is 1.57 bits per heavy atom. The Hall–Kier alpha value is -2.13. The van der Waals surface area contributed by atoms with Gasteiger partial charge in [-0.25, -0.2) is 0 Å². The van der Waals surface area contributed by atoms with Crippen molar-refractivity contribution >= 4 is 21.6 Å². The van der Waals surface area contributed by atoms with Crippen LogP contribution in [0.1, 0.15) is 5.56 Å². The molecule has 0 amide bonds. The molecule has 1 aromatic heterocycles. The minimum absolute atomic E-state index is 0.785. The fourth-order valence-electron chi connectivity index (χ4n) is 2.16. The van der Waals surface area contributed by atoms with Gasteiger partial charge in [0.1, 0.15) is 0 Å². The number of hydrogen-bond donors (Lipinski definition) is 1. The summed E-state index contributed by atoms with van der Waals surface area (Å²) in [6.07, 6.45) is 3.60. The van der Waals surface area contributed by atoms with Crippen molar-refractivity contribution in [3.63, 3.8) is 0 Å². The van der Waals surface area contributed by atoms with E-state index < -0.39 is 0 Å². The van der Waals surface area contributed by atoms with Crippen molar-refractivity contribution in [3.8, 4) is 11.1 Å². The van der Waals surface area contributed by atoms with Crippen LogP contribution < -0.4 is 5.32 Å². The number of aromatic nitrogens is 1. The first-order chi connectivity index (χ1) is 10.3. The van der Waals surface area contributed by atoms with Gasteiger partial charge < -0.3 is 5.32 Å². The third kappa shape index (κ3) is 3.70. The second-order valence-electron chi connectivity index (χ2n) is 4.81. The first-order valence-electron chi connectivity index (χ1n) is 6.80. The van der Waals surface area contributed by atoms with E-state index >= 15 is 0 Å². The highest BCUT2D eigenvalue weighted by Crippen LogP contribution is 2.20. The summed E-state index contributed by atoms with van der Waals surface area (Å²) in [7, 11) is 0. The Morgan fingerprint density at radius 3 is 2.29 bits per heavy atom. The average molecular weight is 339 g/mol. The number of halogens is 1. The van der Waals surface area contributed by atoms with Gasteiger partial charge >= 0.3 is 0 Å². The summed E-state index contributed by atoms with van der Waals surface area (Å²) in [6.45, 7) is 0.785. The van der Waals surface area contributed by atoms with E-state index in [1.807, 2.05) is 18.3 Å². The molecule has 3 heteroatoms. The number of nitrogens with one attached hydrogen (secondary N) is 1. The molecule has 0 aliphatic heterocycles. The van der Waals surface area contributed by atoms with Crippen LogP contribution >= 0.6 is 15.9 Å². The van der Waals surface area contributed by atoms with Crippen LogP contribution in [0.2, 0.25) is 0 Å². The summed E-state index contributed by atoms with van der Waals surface area (Å²) in [6, 6.07) is 21.1. The molecule has 3 aromatic rings. The molecular formula is C18H15BrN2. The lowest BCUT2D eigenvalue weighted by molar-refractivity contribution is 1.13. The number of anilines is 1. The molecule has 0 spiro atoms. The molecule has 0 atom stereocenters. The molecule has 0 radical (unpaired) electrons. The normalized spacial score (nSPS) is 10.3. The van der Waals surface area contributed by atoms with Gasteiger partial charge in [-0.3, -0.25) is 4.98 Å². The lowest BCUT2D eigenvalue weighted by Crippen LogP contribution is -1.99. The highest BCUT2D eigenvalue weighted by atomic mass is 79.9. The summed E-state index contributed by atoms with van der Waals surface area (Å²) < 4.78 is 0.979. The van der Waals surface area contributed by atoms with Gasteiger partial charge in [0.25, 0.3) is 0 Å². The largest absolute Gasteiger partial charge is 0.380 e. The van der Waals surface area contributed by atoms with Gasteiger partial charge in [-0.05, 0) is 38.7 Å². The highest BCUT2D eigenvalue weighted by Gasteiger charge is 1.98. The minimum atomic E-state index is 0.785. The van der Waals surface area contributed by atoms with Gasteiger partial charge in [0.2, 0.25) is 0 Å². The van der Waals surface area contributed by atoms with Crippen molar-refractivity contribution < 1.29 is 0 Å². The maximum Gasteiger partial charge on any atom is 0.0540 e. The Kier molecular flexibility index (Phi) is 4.31. The molecule has 2 aromatic carbocycles. The Labute approximate surface area is 133 Å². The average Bonchev–Trinajstić information content (AvgIpc) is 2.54. The zero-order chi connectivity index (χ0) is 14.5. The molecule has 0 saturated heterocycles. The third-order valence-corrected chi connectivity index (χ3v) is 3.70. The van der Waals surface area contributed by atoms with Crippen molar-refractivity contribution in [3.05, 3.63) is 83.1 Å². The second kappa shape index (κ2) is 6.55. The van der Waals surface area contributed by atoms with Gasteiger partial charge in [0.05, 0.1) is 11.9 Å². The van der Waals surface area contributed by atoms with Crippen LogP contribution in [-0.4, -0.2) is 4.98 Å². The van der Waals surface area contributed by atoms with Crippen LogP contribution in [0.4, 0.5) is 5.69 Å². The first kappa shape index (κ1) is 13.8. The van der Waals surface area contributed by atoms with Gasteiger partial charge in [-0.1, -0.05) is 54.6 Å². The van der Waals surface area contributed by atoms with E-state index in [0.717, 1.165) is 16.7 Å². The highest BCUT2D eigenvalue weighted by molar-refractivity contribution is 9.10. The molecule has 0 aliphatic rings. The Balaban J connectivity index is 1.68. The predicted octanol–water partition coefficient (Wildman–Crippen LogP) is 5.12. The number of nitrogens with zero attached hydrogens (tertiary/aromatic N) is 1. The topological polar surface area (TPSA) is 24.9 Å². The predicted molar refractivity (Wildman–Crippen MR) is 91.1 cm³/mol. The molecule has 3 rings (SSSR count). The van der Waals surface area contributed by atoms with Crippen LogP contribution in [0.5, 0.6) is 0 Å². The van der Waals surface area contributed by atoms with E-state index in [0.29, 0.717) is 0 Å². The van der Waals surface area contributed by atoms with Crippen molar-refractivity contribution in [2.24, 2.45) is 0 Å². The maximum absolute atomic E-state index is 4.14. The lowest BCUT2D eigenvalue weighted by atomic mass is 10.0. The molecule has 0 unspecified atom stereocenters. The molecule has 1 N–H and O–H groups in total. The SMILES string of the molecule is Brc1cncc(NCc2ccc(-c3ccccc3)cc2)c1. The number of benzene rings is 2. The number of pyridine rings is 1. The van der Waals surface area contributed by atoms with Gasteiger partial charge in [0.15, 0.2) is 0 Å².